The number of nitrogens with zero attached hydrogens (tertiary/aromatic N) is 3. The van der Waals surface area contributed by atoms with Gasteiger partial charge >= 0.3 is 0 Å². The van der Waals surface area contributed by atoms with Crippen molar-refractivity contribution in [1.82, 2.24) is 24.8 Å². The van der Waals surface area contributed by atoms with Crippen LogP contribution in [0.4, 0.5) is 0 Å². The van der Waals surface area contributed by atoms with E-state index in [1.165, 1.54) is 18.1 Å². The molecule has 1 aliphatic rings. The first-order valence-electron chi connectivity index (χ1n) is 6.97. The summed E-state index contributed by atoms with van der Waals surface area (Å²) in [4.78, 5) is 39.4. The number of nitrogens with one attached hydrogen (secondary N) is 2. The van der Waals surface area contributed by atoms with Crippen molar-refractivity contribution >= 4 is 28.8 Å². The van der Waals surface area contributed by atoms with Crippen LogP contribution >= 0.6 is 11.8 Å². The zero-order chi connectivity index (χ0) is 14.8. The number of piperidine rings is 1. The van der Waals surface area contributed by atoms with Crippen molar-refractivity contribution in [2.75, 3.05) is 18.8 Å². The van der Waals surface area contributed by atoms with Gasteiger partial charge in [0.1, 0.15) is 0 Å². The molecule has 2 aromatic heterocycles. The third kappa shape index (κ3) is 3.10. The predicted octanol–water partition coefficient (Wildman–Crippen LogP) is 0.997. The average Bonchev–Trinajstić information content (AvgIpc) is 2.94. The molecule has 3 heterocycles. The first kappa shape index (κ1) is 14.1. The maximum atomic E-state index is 12.1. The molecule has 2 aromatic rings. The van der Waals surface area contributed by atoms with E-state index in [0.29, 0.717) is 22.2 Å². The van der Waals surface area contributed by atoms with Crippen molar-refractivity contribution in [1.29, 1.82) is 0 Å². The largest absolute Gasteiger partial charge is 0.342 e. The van der Waals surface area contributed by atoms with E-state index in [4.69, 9.17) is 0 Å². The van der Waals surface area contributed by atoms with Gasteiger partial charge in [-0.05, 0) is 18.8 Å². The quantitative estimate of drug-likeness (QED) is 0.651. The van der Waals surface area contributed by atoms with Crippen molar-refractivity contribution in [2.24, 2.45) is 5.92 Å². The summed E-state index contributed by atoms with van der Waals surface area (Å²) < 4.78 is 0. The monoisotopic (exact) mass is 307 g/mol. The lowest BCUT2D eigenvalue weighted by molar-refractivity contribution is -0.129. The number of carbonyl (C=O) groups is 1. The number of imidazole rings is 1. The summed E-state index contributed by atoms with van der Waals surface area (Å²) in [6.45, 7) is 3.86. The molecule has 0 bridgehead atoms. The fraction of sp³-hybridized carbons (Fsp3) is 0.538. The van der Waals surface area contributed by atoms with E-state index in [0.717, 1.165) is 25.9 Å². The highest BCUT2D eigenvalue weighted by Crippen LogP contribution is 2.18. The third-order valence-corrected chi connectivity index (χ3v) is 4.60. The summed E-state index contributed by atoms with van der Waals surface area (Å²) in [5.74, 6) is 1.08. The summed E-state index contributed by atoms with van der Waals surface area (Å²) in [6.07, 6.45) is 3.55. The normalized spacial score (nSPS) is 16.5. The van der Waals surface area contributed by atoms with Crippen molar-refractivity contribution in [3.05, 3.63) is 16.7 Å². The smallest absolute Gasteiger partial charge is 0.277 e. The SMILES string of the molecule is CC1CCN(C(=O)CSc2nc3nc[nH]c3c(=O)[nH]2)CC1. The van der Waals surface area contributed by atoms with Crippen LogP contribution in [0.2, 0.25) is 0 Å². The van der Waals surface area contributed by atoms with Crippen LogP contribution in [-0.4, -0.2) is 49.6 Å². The van der Waals surface area contributed by atoms with E-state index in [2.05, 4.69) is 26.9 Å². The molecule has 1 amide bonds. The van der Waals surface area contributed by atoms with Gasteiger partial charge < -0.3 is 9.88 Å². The summed E-state index contributed by atoms with van der Waals surface area (Å²) in [5.41, 5.74) is 0.468. The second kappa shape index (κ2) is 5.88. The Morgan fingerprint density at radius 1 is 1.48 bits per heavy atom. The Morgan fingerprint density at radius 3 is 3.00 bits per heavy atom. The Balaban J connectivity index is 1.63. The van der Waals surface area contributed by atoms with Gasteiger partial charge in [0.2, 0.25) is 5.91 Å². The number of hydrogen-bond acceptors (Lipinski definition) is 5. The number of likely N-dealkylation sites (tertiary alicyclic amines) is 1. The first-order valence-corrected chi connectivity index (χ1v) is 7.96. The van der Waals surface area contributed by atoms with E-state index >= 15 is 0 Å². The molecule has 0 unspecified atom stereocenters. The van der Waals surface area contributed by atoms with E-state index < -0.39 is 0 Å². The molecule has 0 aliphatic carbocycles. The van der Waals surface area contributed by atoms with Gasteiger partial charge in [-0.1, -0.05) is 18.7 Å². The number of amides is 1. The van der Waals surface area contributed by atoms with Gasteiger partial charge in [-0.25, -0.2) is 9.97 Å². The standard InChI is InChI=1S/C13H17N5O2S/c1-8-2-4-18(5-3-8)9(19)6-21-13-16-11-10(12(20)17-13)14-7-15-11/h7-8H,2-6H2,1H3,(H2,14,15,16,17,20). The van der Waals surface area contributed by atoms with E-state index in [1.54, 1.807) is 0 Å². The molecule has 1 saturated heterocycles. The number of aromatic nitrogens is 4. The van der Waals surface area contributed by atoms with Gasteiger partial charge in [-0.3, -0.25) is 14.6 Å². The van der Waals surface area contributed by atoms with Crippen LogP contribution in [0.15, 0.2) is 16.3 Å². The molecule has 21 heavy (non-hydrogen) atoms. The summed E-state index contributed by atoms with van der Waals surface area (Å²) in [6, 6.07) is 0. The fourth-order valence-electron chi connectivity index (χ4n) is 2.37. The number of aromatic amines is 2. The number of thioether (sulfide) groups is 1. The number of H-pyrrole nitrogens is 2. The highest BCUT2D eigenvalue weighted by Gasteiger charge is 2.20. The lowest BCUT2D eigenvalue weighted by Gasteiger charge is -2.30. The molecule has 2 N–H and O–H groups in total. The summed E-state index contributed by atoms with van der Waals surface area (Å²) >= 11 is 1.24. The van der Waals surface area contributed by atoms with Crippen LogP contribution in [-0.2, 0) is 4.79 Å². The van der Waals surface area contributed by atoms with Crippen LogP contribution in [0.5, 0.6) is 0 Å². The summed E-state index contributed by atoms with van der Waals surface area (Å²) in [5, 5.41) is 0.429. The molecule has 7 nitrogen and oxygen atoms in total. The van der Waals surface area contributed by atoms with Gasteiger partial charge in [0.25, 0.3) is 5.56 Å². The molecule has 1 aliphatic heterocycles. The zero-order valence-corrected chi connectivity index (χ0v) is 12.6. The molecule has 0 radical (unpaired) electrons. The molecule has 112 valence electrons. The Kier molecular flexibility index (Phi) is 3.96. The molecule has 3 rings (SSSR count). The predicted molar refractivity (Wildman–Crippen MR) is 80.2 cm³/mol. The molecule has 8 heteroatoms. The number of hydrogen-bond donors (Lipinski definition) is 2. The minimum atomic E-state index is -0.265. The third-order valence-electron chi connectivity index (χ3n) is 3.74. The topological polar surface area (TPSA) is 94.7 Å². The molecule has 0 saturated carbocycles. The number of carbonyl (C=O) groups excluding carboxylic acids is 1. The van der Waals surface area contributed by atoms with Gasteiger partial charge in [0.15, 0.2) is 16.3 Å². The minimum Gasteiger partial charge on any atom is -0.342 e. The molecule has 1 fully saturated rings. The molecule has 0 aromatic carbocycles. The van der Waals surface area contributed by atoms with Crippen LogP contribution in [0.25, 0.3) is 11.2 Å². The van der Waals surface area contributed by atoms with E-state index in [9.17, 15) is 9.59 Å². The number of rotatable bonds is 3. The lowest BCUT2D eigenvalue weighted by Crippen LogP contribution is -2.38. The highest BCUT2D eigenvalue weighted by molar-refractivity contribution is 7.99. The van der Waals surface area contributed by atoms with Crippen molar-refractivity contribution < 1.29 is 4.79 Å². The Labute approximate surface area is 125 Å². The first-order chi connectivity index (χ1) is 10.1. The maximum Gasteiger partial charge on any atom is 0.277 e. The Bertz CT molecular complexity index is 702. The maximum absolute atomic E-state index is 12.1. The second-order valence-corrected chi connectivity index (χ2v) is 6.29. The van der Waals surface area contributed by atoms with Gasteiger partial charge in [-0.2, -0.15) is 0 Å². The molecule has 0 atom stereocenters. The molecule has 0 spiro atoms. The van der Waals surface area contributed by atoms with Crippen molar-refractivity contribution in [2.45, 2.75) is 24.9 Å². The van der Waals surface area contributed by atoms with Crippen LogP contribution in [0, 0.1) is 5.92 Å². The average molecular weight is 307 g/mol. The van der Waals surface area contributed by atoms with Gasteiger partial charge in [0.05, 0.1) is 12.1 Å². The van der Waals surface area contributed by atoms with Gasteiger partial charge in [0, 0.05) is 13.1 Å². The zero-order valence-electron chi connectivity index (χ0n) is 11.8. The molecular weight excluding hydrogens is 290 g/mol. The lowest BCUT2D eigenvalue weighted by atomic mass is 9.99. The Morgan fingerprint density at radius 2 is 2.24 bits per heavy atom. The van der Waals surface area contributed by atoms with Crippen molar-refractivity contribution in [3.63, 3.8) is 0 Å². The van der Waals surface area contributed by atoms with Crippen LogP contribution in [0.3, 0.4) is 0 Å². The summed E-state index contributed by atoms with van der Waals surface area (Å²) in [7, 11) is 0. The van der Waals surface area contributed by atoms with Gasteiger partial charge in [-0.15, -0.1) is 0 Å². The highest BCUT2D eigenvalue weighted by atomic mass is 32.2. The number of fused-ring (bicyclic) bond motifs is 1. The van der Waals surface area contributed by atoms with Crippen molar-refractivity contribution in [3.8, 4) is 0 Å². The van der Waals surface area contributed by atoms with E-state index in [1.807, 2.05) is 4.90 Å². The Hall–Kier alpha value is -1.83. The fourth-order valence-corrected chi connectivity index (χ4v) is 3.13. The second-order valence-electron chi connectivity index (χ2n) is 5.32. The van der Waals surface area contributed by atoms with Crippen LogP contribution < -0.4 is 5.56 Å². The molecular formula is C13H17N5O2S. The van der Waals surface area contributed by atoms with E-state index in [-0.39, 0.29) is 17.2 Å². The minimum absolute atomic E-state index is 0.0941. The van der Waals surface area contributed by atoms with Crippen LogP contribution in [0.1, 0.15) is 19.8 Å².